The molecule has 1 aromatic heterocycles. The van der Waals surface area contributed by atoms with Gasteiger partial charge >= 0.3 is 0 Å². The van der Waals surface area contributed by atoms with Gasteiger partial charge < -0.3 is 15.5 Å². The van der Waals surface area contributed by atoms with E-state index in [0.29, 0.717) is 41.2 Å². The minimum atomic E-state index is -3.37. The smallest absolute Gasteiger partial charge is 0.248 e. The molecule has 0 radical (unpaired) electrons. The van der Waals surface area contributed by atoms with Gasteiger partial charge in [0.25, 0.3) is 0 Å². The van der Waals surface area contributed by atoms with E-state index in [0.717, 1.165) is 6.26 Å². The third kappa shape index (κ3) is 7.38. The highest BCUT2D eigenvalue weighted by molar-refractivity contribution is 7.90. The molecule has 2 N–H and O–H groups in total. The quantitative estimate of drug-likeness (QED) is 0.437. The number of halogens is 3. The monoisotopic (exact) mass is 625 g/mol. The van der Waals surface area contributed by atoms with Crippen LogP contribution >= 0.6 is 11.6 Å². The first-order valence-corrected chi connectivity index (χ1v) is 16.2. The first-order chi connectivity index (χ1) is 20.6. The third-order valence-corrected chi connectivity index (χ3v) is 9.81. The first-order valence-electron chi connectivity index (χ1n) is 15.0. The normalized spacial score (nSPS) is 22.7. The van der Waals surface area contributed by atoms with Crippen LogP contribution in [0.2, 0.25) is 5.02 Å². The molecular weight excluding hydrogens is 588 g/mol. The number of aromatic nitrogens is 1. The second-order valence-corrected chi connectivity index (χ2v) is 13.9. The molecule has 1 aliphatic heterocycles. The summed E-state index contributed by atoms with van der Waals surface area (Å²) in [4.78, 5) is 33.0. The Kier molecular flexibility index (Phi) is 8.02. The van der Waals surface area contributed by atoms with Gasteiger partial charge in [0.05, 0.1) is 23.7 Å². The molecule has 3 fully saturated rings. The lowest BCUT2D eigenvalue weighted by Gasteiger charge is -2.35. The average molecular weight is 626 g/mol. The zero-order valence-electron chi connectivity index (χ0n) is 25.3. The van der Waals surface area contributed by atoms with Crippen molar-refractivity contribution in [3.63, 3.8) is 0 Å². The topological polar surface area (TPSA) is 112 Å². The predicted octanol–water partition coefficient (Wildman–Crippen LogP) is 3.73. The van der Waals surface area contributed by atoms with Gasteiger partial charge in [-0.3, -0.25) is 19.5 Å². The van der Waals surface area contributed by atoms with Gasteiger partial charge in [0, 0.05) is 77.3 Å². The zero-order valence-corrected chi connectivity index (χ0v) is 24.9. The number of nitrogens with zero attached hydrogens (tertiary/aromatic N) is 3. The summed E-state index contributed by atoms with van der Waals surface area (Å²) in [5.41, 5.74) is 1.02. The summed E-state index contributed by atoms with van der Waals surface area (Å²) >= 11 is 6.25. The Morgan fingerprint density at radius 1 is 1.12 bits per heavy atom. The lowest BCUT2D eigenvalue weighted by molar-refractivity contribution is -0.135. The number of anilines is 1. The number of hydrogen-bond acceptors (Lipinski definition) is 7. The van der Waals surface area contributed by atoms with Gasteiger partial charge in [-0.15, -0.1) is 0 Å². The van der Waals surface area contributed by atoms with E-state index < -0.39 is 22.3 Å². The molecule has 1 atom stereocenters. The Hall–Kier alpha value is -2.83. The summed E-state index contributed by atoms with van der Waals surface area (Å²) < 4.78 is 68.4. The van der Waals surface area contributed by atoms with E-state index in [-0.39, 0.29) is 80.2 Å². The molecule has 3 aliphatic rings. The molecule has 2 aromatic rings. The summed E-state index contributed by atoms with van der Waals surface area (Å²) in [7, 11) is -3.37. The third-order valence-electron chi connectivity index (χ3n) is 8.48. The number of rotatable bonds is 9. The molecule has 1 aromatic carbocycles. The number of benzene rings is 1. The summed E-state index contributed by atoms with van der Waals surface area (Å²) in [6.45, 7) is -0.901. The Morgan fingerprint density at radius 2 is 1.83 bits per heavy atom. The molecule has 1 saturated heterocycles. The van der Waals surface area contributed by atoms with Crippen LogP contribution in [0.15, 0.2) is 41.4 Å². The molecule has 0 unspecified atom stereocenters. The van der Waals surface area contributed by atoms with Gasteiger partial charge in [-0.25, -0.2) is 17.2 Å². The fourth-order valence-corrected chi connectivity index (χ4v) is 6.44. The Bertz CT molecular complexity index is 1510. The second-order valence-electron chi connectivity index (χ2n) is 11.5. The van der Waals surface area contributed by atoms with Crippen LogP contribution in [-0.2, 0) is 32.5 Å². The van der Waals surface area contributed by atoms with Crippen molar-refractivity contribution >= 4 is 38.9 Å². The number of carbonyl (C=O) groups excluding carboxylic acids is 2. The van der Waals surface area contributed by atoms with Gasteiger partial charge in [-0.05, 0) is 60.6 Å². The minimum Gasteiger partial charge on any atom is -0.379 e. The molecule has 0 bridgehead atoms. The average Bonchev–Trinajstić information content (AvgIpc) is 3.70. The van der Waals surface area contributed by atoms with Crippen molar-refractivity contribution in [1.29, 1.82) is 0 Å². The molecule has 2 aliphatic carbocycles. The number of alkyl halides is 2. The first kappa shape index (κ1) is 28.0. The van der Waals surface area contributed by atoms with Crippen molar-refractivity contribution in [2.75, 3.05) is 44.3 Å². The highest BCUT2D eigenvalue weighted by Crippen LogP contribution is 2.63. The molecule has 2 amide bonds. The van der Waals surface area contributed by atoms with E-state index in [4.69, 9.17) is 14.3 Å². The number of amides is 2. The van der Waals surface area contributed by atoms with E-state index in [1.54, 1.807) is 34.1 Å². The number of sulfone groups is 1. The minimum absolute atomic E-state index is 0.107. The molecule has 2 heterocycles. The standard InChI is InChI=1S/C29H36ClF2N5O4S/c1-42(40,41)23-4-3-22(33-17-23)16-34-25-5-2-21(30)14-20(25)19-36-10-12-37(13-11-36)26(38)18-35-27(39)24-15-28(24)6-8-29(31,32)9-7-28/h2-5,14,17,24,34H,6-13,15-16,18-19H2,1H3,(H,35,39)/t24-/m0/s1/i19D2. The number of nitrogens with one attached hydrogen (secondary N) is 2. The summed E-state index contributed by atoms with van der Waals surface area (Å²) in [6, 6.07) is 7.92. The van der Waals surface area contributed by atoms with Crippen LogP contribution in [0.5, 0.6) is 0 Å². The second kappa shape index (κ2) is 12.0. The lowest BCUT2D eigenvalue weighted by Crippen LogP contribution is -2.51. The van der Waals surface area contributed by atoms with E-state index in [1.165, 1.54) is 12.3 Å². The van der Waals surface area contributed by atoms with Crippen molar-refractivity contribution in [2.24, 2.45) is 11.3 Å². The highest BCUT2D eigenvalue weighted by atomic mass is 35.5. The molecule has 5 rings (SSSR count). The van der Waals surface area contributed by atoms with E-state index in [2.05, 4.69) is 15.6 Å². The van der Waals surface area contributed by atoms with Crippen LogP contribution < -0.4 is 10.6 Å². The number of carbonyl (C=O) groups is 2. The molecular formula is C29H36ClF2N5O4S. The maximum atomic E-state index is 13.5. The Morgan fingerprint density at radius 3 is 2.48 bits per heavy atom. The molecule has 1 spiro atoms. The van der Waals surface area contributed by atoms with E-state index in [1.807, 2.05) is 0 Å². The lowest BCUT2D eigenvalue weighted by atomic mass is 9.82. The van der Waals surface area contributed by atoms with Gasteiger partial charge in [-0.2, -0.15) is 0 Å². The molecule has 13 heteroatoms. The molecule has 2 saturated carbocycles. The van der Waals surface area contributed by atoms with Crippen molar-refractivity contribution in [2.45, 2.75) is 56.0 Å². The van der Waals surface area contributed by atoms with Gasteiger partial charge in [0.1, 0.15) is 0 Å². The summed E-state index contributed by atoms with van der Waals surface area (Å²) in [5.74, 6) is -3.51. The van der Waals surface area contributed by atoms with E-state index >= 15 is 0 Å². The highest BCUT2D eigenvalue weighted by Gasteiger charge is 2.60. The predicted molar refractivity (Wildman–Crippen MR) is 155 cm³/mol. The van der Waals surface area contributed by atoms with Gasteiger partial charge in [0.2, 0.25) is 17.7 Å². The van der Waals surface area contributed by atoms with Crippen LogP contribution in [0, 0.1) is 11.3 Å². The van der Waals surface area contributed by atoms with Crippen LogP contribution in [0.4, 0.5) is 14.5 Å². The summed E-state index contributed by atoms with van der Waals surface area (Å²) in [5, 5.41) is 6.22. The van der Waals surface area contributed by atoms with Gasteiger partial charge in [-0.1, -0.05) is 11.6 Å². The fourth-order valence-electron chi connectivity index (χ4n) is 5.70. The SMILES string of the molecule is [2H]C([2H])(c1cc(Cl)ccc1NCc1ccc(S(C)(=O)=O)cn1)N1CCN(C(=O)CNC(=O)[C@@H]2CC23CCC(F)(F)CC3)CC1. The maximum Gasteiger partial charge on any atom is 0.248 e. The fraction of sp³-hybridized carbons (Fsp3) is 0.552. The number of hydrogen-bond donors (Lipinski definition) is 2. The van der Waals surface area contributed by atoms with Crippen molar-refractivity contribution < 1.29 is 29.5 Å². The largest absolute Gasteiger partial charge is 0.379 e. The van der Waals surface area contributed by atoms with Crippen LogP contribution in [-0.4, -0.2) is 79.9 Å². The van der Waals surface area contributed by atoms with Crippen LogP contribution in [0.1, 0.15) is 46.1 Å². The van der Waals surface area contributed by atoms with Gasteiger partial charge in [0.15, 0.2) is 9.84 Å². The Labute approximate surface area is 252 Å². The molecule has 9 nitrogen and oxygen atoms in total. The summed E-state index contributed by atoms with van der Waals surface area (Å²) in [6.07, 6.45) is 3.24. The number of piperazine rings is 1. The van der Waals surface area contributed by atoms with Crippen molar-refractivity contribution in [3.8, 4) is 0 Å². The van der Waals surface area contributed by atoms with Crippen molar-refractivity contribution in [3.05, 3.63) is 52.8 Å². The molecule has 42 heavy (non-hydrogen) atoms. The van der Waals surface area contributed by atoms with Crippen LogP contribution in [0.25, 0.3) is 0 Å². The van der Waals surface area contributed by atoms with Crippen LogP contribution in [0.3, 0.4) is 0 Å². The zero-order chi connectivity index (χ0) is 31.9. The van der Waals surface area contributed by atoms with E-state index in [9.17, 15) is 26.8 Å². The molecule has 228 valence electrons. The maximum absolute atomic E-state index is 13.5. The van der Waals surface area contributed by atoms with Crippen molar-refractivity contribution in [1.82, 2.24) is 20.1 Å². The number of pyridine rings is 1. The Balaban J connectivity index is 1.14.